The highest BCUT2D eigenvalue weighted by molar-refractivity contribution is 5.70. The van der Waals surface area contributed by atoms with Crippen molar-refractivity contribution in [3.05, 3.63) is 23.7 Å². The first-order valence-corrected chi connectivity index (χ1v) is 5.26. The molecule has 2 rings (SSSR count). The van der Waals surface area contributed by atoms with Crippen LogP contribution in [-0.4, -0.2) is 21.0 Å². The van der Waals surface area contributed by atoms with E-state index in [1.54, 1.807) is 0 Å². The summed E-state index contributed by atoms with van der Waals surface area (Å²) in [5.41, 5.74) is 8.78. The molecule has 4 heteroatoms. The Morgan fingerprint density at radius 2 is 2.33 bits per heavy atom. The van der Waals surface area contributed by atoms with Crippen molar-refractivity contribution < 1.29 is 0 Å². The maximum absolute atomic E-state index is 5.88. The first kappa shape index (κ1) is 10.1. The lowest BCUT2D eigenvalue weighted by molar-refractivity contribution is 0.630. The highest BCUT2D eigenvalue weighted by Gasteiger charge is 2.07. The van der Waals surface area contributed by atoms with Gasteiger partial charge in [-0.25, -0.2) is 9.97 Å². The lowest BCUT2D eigenvalue weighted by atomic mass is 10.2. The second-order valence-electron chi connectivity index (χ2n) is 3.94. The Kier molecular flexibility index (Phi) is 2.68. The van der Waals surface area contributed by atoms with E-state index in [0.29, 0.717) is 0 Å². The van der Waals surface area contributed by atoms with E-state index < -0.39 is 0 Å². The highest BCUT2D eigenvalue weighted by atomic mass is 15.0. The number of H-pyrrole nitrogens is 1. The number of pyridine rings is 1. The molecule has 0 saturated heterocycles. The van der Waals surface area contributed by atoms with Crippen LogP contribution in [-0.2, 0) is 6.42 Å². The lowest BCUT2D eigenvalue weighted by Crippen LogP contribution is -2.21. The first-order chi connectivity index (χ1) is 7.19. The molecule has 2 heterocycles. The Morgan fingerprint density at radius 3 is 3.07 bits per heavy atom. The van der Waals surface area contributed by atoms with Crippen molar-refractivity contribution in [2.24, 2.45) is 5.73 Å². The van der Waals surface area contributed by atoms with E-state index in [0.717, 1.165) is 35.4 Å². The standard InChI is InChI=1S/C11H16N4/c1-3-8(12)5-10-14-9-4-7(2)6-13-11(9)15-10/h4,6,8H,3,5,12H2,1-2H3,(H,13,14,15). The molecule has 2 aromatic heterocycles. The highest BCUT2D eigenvalue weighted by Crippen LogP contribution is 2.11. The fraction of sp³-hybridized carbons (Fsp3) is 0.455. The maximum Gasteiger partial charge on any atom is 0.177 e. The van der Waals surface area contributed by atoms with Gasteiger partial charge in [0.2, 0.25) is 0 Å². The van der Waals surface area contributed by atoms with Crippen LogP contribution in [0.5, 0.6) is 0 Å². The number of imidazole rings is 1. The molecule has 3 N–H and O–H groups in total. The summed E-state index contributed by atoms with van der Waals surface area (Å²) in [6.07, 6.45) is 3.57. The van der Waals surface area contributed by atoms with E-state index in [1.165, 1.54) is 0 Å². The van der Waals surface area contributed by atoms with Gasteiger partial charge in [-0.2, -0.15) is 0 Å². The van der Waals surface area contributed by atoms with Crippen molar-refractivity contribution in [1.82, 2.24) is 15.0 Å². The molecule has 0 amide bonds. The maximum atomic E-state index is 5.88. The van der Waals surface area contributed by atoms with Gasteiger partial charge < -0.3 is 10.7 Å². The van der Waals surface area contributed by atoms with Crippen LogP contribution in [0.4, 0.5) is 0 Å². The fourth-order valence-corrected chi connectivity index (χ4v) is 1.54. The number of nitrogens with two attached hydrogens (primary N) is 1. The number of rotatable bonds is 3. The Morgan fingerprint density at radius 1 is 1.53 bits per heavy atom. The van der Waals surface area contributed by atoms with Gasteiger partial charge in [0.1, 0.15) is 5.82 Å². The van der Waals surface area contributed by atoms with Crippen molar-refractivity contribution in [2.45, 2.75) is 32.7 Å². The van der Waals surface area contributed by atoms with E-state index in [-0.39, 0.29) is 6.04 Å². The topological polar surface area (TPSA) is 67.6 Å². The van der Waals surface area contributed by atoms with Gasteiger partial charge >= 0.3 is 0 Å². The average molecular weight is 204 g/mol. The van der Waals surface area contributed by atoms with Crippen LogP contribution in [0.15, 0.2) is 12.3 Å². The minimum Gasteiger partial charge on any atom is -0.341 e. The number of aromatic amines is 1. The molecular weight excluding hydrogens is 188 g/mol. The number of aryl methyl sites for hydroxylation is 1. The summed E-state index contributed by atoms with van der Waals surface area (Å²) in [4.78, 5) is 11.9. The van der Waals surface area contributed by atoms with Crippen LogP contribution in [0.3, 0.4) is 0 Å². The van der Waals surface area contributed by atoms with Crippen LogP contribution in [0.1, 0.15) is 24.7 Å². The molecule has 1 atom stereocenters. The van der Waals surface area contributed by atoms with Crippen LogP contribution < -0.4 is 5.73 Å². The van der Waals surface area contributed by atoms with Gasteiger partial charge in [-0.15, -0.1) is 0 Å². The Labute approximate surface area is 88.9 Å². The molecule has 0 fully saturated rings. The predicted octanol–water partition coefficient (Wildman–Crippen LogP) is 1.55. The molecule has 4 nitrogen and oxygen atoms in total. The monoisotopic (exact) mass is 204 g/mol. The van der Waals surface area contributed by atoms with Crippen LogP contribution in [0.2, 0.25) is 0 Å². The minimum absolute atomic E-state index is 0.173. The van der Waals surface area contributed by atoms with E-state index in [1.807, 2.05) is 13.1 Å². The molecule has 0 aliphatic heterocycles. The number of hydrogen-bond donors (Lipinski definition) is 2. The third-order valence-electron chi connectivity index (χ3n) is 2.50. The first-order valence-electron chi connectivity index (χ1n) is 5.26. The number of hydrogen-bond acceptors (Lipinski definition) is 3. The summed E-state index contributed by atoms with van der Waals surface area (Å²) in [5, 5.41) is 0. The second-order valence-corrected chi connectivity index (χ2v) is 3.94. The van der Waals surface area contributed by atoms with E-state index in [9.17, 15) is 0 Å². The van der Waals surface area contributed by atoms with Crippen molar-refractivity contribution in [2.75, 3.05) is 0 Å². The van der Waals surface area contributed by atoms with E-state index in [4.69, 9.17) is 5.73 Å². The molecular formula is C11H16N4. The molecule has 15 heavy (non-hydrogen) atoms. The smallest absolute Gasteiger partial charge is 0.177 e. The predicted molar refractivity (Wildman–Crippen MR) is 60.6 cm³/mol. The Hall–Kier alpha value is -1.42. The van der Waals surface area contributed by atoms with Crippen molar-refractivity contribution in [3.8, 4) is 0 Å². The molecule has 0 aliphatic rings. The van der Waals surface area contributed by atoms with Gasteiger partial charge in [-0.3, -0.25) is 0 Å². The van der Waals surface area contributed by atoms with Crippen molar-refractivity contribution in [3.63, 3.8) is 0 Å². The van der Waals surface area contributed by atoms with E-state index >= 15 is 0 Å². The van der Waals surface area contributed by atoms with E-state index in [2.05, 4.69) is 27.9 Å². The van der Waals surface area contributed by atoms with Gasteiger partial charge in [-0.1, -0.05) is 6.92 Å². The second kappa shape index (κ2) is 3.98. The normalized spacial score (nSPS) is 13.3. The quantitative estimate of drug-likeness (QED) is 0.797. The summed E-state index contributed by atoms with van der Waals surface area (Å²) in [6, 6.07) is 2.22. The number of fused-ring (bicyclic) bond motifs is 1. The molecule has 1 unspecified atom stereocenters. The molecule has 0 saturated carbocycles. The summed E-state index contributed by atoms with van der Waals surface area (Å²) in [5.74, 6) is 0.928. The molecule has 0 radical (unpaired) electrons. The average Bonchev–Trinajstić information content (AvgIpc) is 2.59. The number of aromatic nitrogens is 3. The zero-order valence-corrected chi connectivity index (χ0v) is 9.12. The van der Waals surface area contributed by atoms with Crippen molar-refractivity contribution >= 4 is 11.2 Å². The summed E-state index contributed by atoms with van der Waals surface area (Å²) in [7, 11) is 0. The summed E-state index contributed by atoms with van der Waals surface area (Å²) < 4.78 is 0. The summed E-state index contributed by atoms with van der Waals surface area (Å²) >= 11 is 0. The molecule has 0 bridgehead atoms. The summed E-state index contributed by atoms with van der Waals surface area (Å²) in [6.45, 7) is 4.10. The molecule has 0 aromatic carbocycles. The Balaban J connectivity index is 2.30. The van der Waals surface area contributed by atoms with Gasteiger partial charge in [0, 0.05) is 18.7 Å². The molecule has 2 aromatic rings. The molecule has 80 valence electrons. The van der Waals surface area contributed by atoms with Crippen molar-refractivity contribution in [1.29, 1.82) is 0 Å². The van der Waals surface area contributed by atoms with Gasteiger partial charge in [0.15, 0.2) is 5.65 Å². The van der Waals surface area contributed by atoms with Gasteiger partial charge in [0.25, 0.3) is 0 Å². The molecule has 0 aliphatic carbocycles. The lowest BCUT2D eigenvalue weighted by Gasteiger charge is -2.04. The van der Waals surface area contributed by atoms with Crippen LogP contribution >= 0.6 is 0 Å². The van der Waals surface area contributed by atoms with Gasteiger partial charge in [0.05, 0.1) is 5.52 Å². The van der Waals surface area contributed by atoms with Crippen LogP contribution in [0.25, 0.3) is 11.2 Å². The third kappa shape index (κ3) is 2.15. The minimum atomic E-state index is 0.173. The Bertz CT molecular complexity index is 461. The number of nitrogens with zero attached hydrogens (tertiary/aromatic N) is 2. The largest absolute Gasteiger partial charge is 0.341 e. The van der Waals surface area contributed by atoms with Crippen LogP contribution in [0, 0.1) is 6.92 Å². The van der Waals surface area contributed by atoms with Gasteiger partial charge in [-0.05, 0) is 25.0 Å². The zero-order valence-electron chi connectivity index (χ0n) is 9.12. The fourth-order valence-electron chi connectivity index (χ4n) is 1.54. The third-order valence-corrected chi connectivity index (χ3v) is 2.50. The molecule has 0 spiro atoms. The number of nitrogens with one attached hydrogen (secondary N) is 1. The SMILES string of the molecule is CCC(N)Cc1nc2ncc(C)cc2[nH]1. The zero-order chi connectivity index (χ0) is 10.8.